The standard InChI is InChI=1S/C18H19F2N3O3/c1-11-21-22-16(26-11)15-10-23(5-6-25-15)17(24)12-8-18(20,9-12)13-3-2-4-14(19)7-13/h2-4,7,12,15H,5-6,8-10H2,1H3. The number of rotatable bonds is 3. The first kappa shape index (κ1) is 17.1. The fraction of sp³-hybridized carbons (Fsp3) is 0.500. The van der Waals surface area contributed by atoms with Crippen LogP contribution in [0.3, 0.4) is 0 Å². The number of amides is 1. The lowest BCUT2D eigenvalue weighted by molar-refractivity contribution is -0.153. The molecular formula is C18H19F2N3O3. The Balaban J connectivity index is 1.39. The molecule has 138 valence electrons. The molecule has 1 saturated heterocycles. The molecule has 0 radical (unpaired) electrons. The molecule has 1 atom stereocenters. The molecule has 1 aliphatic carbocycles. The molecule has 6 nitrogen and oxygen atoms in total. The summed E-state index contributed by atoms with van der Waals surface area (Å²) in [4.78, 5) is 14.4. The largest absolute Gasteiger partial charge is 0.423 e. The van der Waals surface area contributed by atoms with E-state index in [4.69, 9.17) is 9.15 Å². The van der Waals surface area contributed by atoms with Gasteiger partial charge in [-0.25, -0.2) is 8.78 Å². The van der Waals surface area contributed by atoms with Crippen LogP contribution in [0.25, 0.3) is 0 Å². The van der Waals surface area contributed by atoms with Crippen LogP contribution >= 0.6 is 0 Å². The minimum Gasteiger partial charge on any atom is -0.423 e. The van der Waals surface area contributed by atoms with Crippen LogP contribution in [0.4, 0.5) is 8.78 Å². The lowest BCUT2D eigenvalue weighted by atomic mass is 9.68. The van der Waals surface area contributed by atoms with Gasteiger partial charge in [-0.15, -0.1) is 10.2 Å². The zero-order valence-electron chi connectivity index (χ0n) is 14.3. The van der Waals surface area contributed by atoms with Gasteiger partial charge in [-0.1, -0.05) is 12.1 Å². The van der Waals surface area contributed by atoms with Crippen LogP contribution in [-0.4, -0.2) is 40.7 Å². The van der Waals surface area contributed by atoms with Crippen LogP contribution in [-0.2, 0) is 15.2 Å². The van der Waals surface area contributed by atoms with Gasteiger partial charge < -0.3 is 14.1 Å². The Bertz CT molecular complexity index is 820. The Kier molecular flexibility index (Phi) is 4.22. The third-order valence-electron chi connectivity index (χ3n) is 5.03. The third-order valence-corrected chi connectivity index (χ3v) is 5.03. The van der Waals surface area contributed by atoms with Crippen molar-refractivity contribution in [2.75, 3.05) is 19.7 Å². The number of nitrogens with zero attached hydrogens (tertiary/aromatic N) is 3. The van der Waals surface area contributed by atoms with E-state index in [0.29, 0.717) is 37.0 Å². The van der Waals surface area contributed by atoms with Crippen molar-refractivity contribution < 1.29 is 22.7 Å². The summed E-state index contributed by atoms with van der Waals surface area (Å²) in [7, 11) is 0. The van der Waals surface area contributed by atoms with E-state index in [1.165, 1.54) is 18.2 Å². The number of alkyl halides is 1. The minimum atomic E-state index is -1.64. The summed E-state index contributed by atoms with van der Waals surface area (Å²) in [5, 5.41) is 7.71. The summed E-state index contributed by atoms with van der Waals surface area (Å²) in [5.41, 5.74) is -1.35. The predicted octanol–water partition coefficient (Wildman–Crippen LogP) is 2.69. The summed E-state index contributed by atoms with van der Waals surface area (Å²) in [6, 6.07) is 5.52. The van der Waals surface area contributed by atoms with E-state index >= 15 is 0 Å². The molecule has 1 aromatic carbocycles. The number of aromatic nitrogens is 2. The zero-order chi connectivity index (χ0) is 18.3. The quantitative estimate of drug-likeness (QED) is 0.839. The average Bonchev–Trinajstić information content (AvgIpc) is 3.05. The summed E-state index contributed by atoms with van der Waals surface area (Å²) in [5.74, 6) is -0.220. The fourth-order valence-corrected chi connectivity index (χ4v) is 3.60. The Morgan fingerprint density at radius 2 is 2.15 bits per heavy atom. The van der Waals surface area contributed by atoms with Crippen LogP contribution in [0.1, 0.15) is 36.3 Å². The summed E-state index contributed by atoms with van der Waals surface area (Å²) in [6.45, 7) is 2.79. The highest BCUT2D eigenvalue weighted by Gasteiger charge is 2.50. The maximum atomic E-state index is 14.9. The Labute approximate surface area is 149 Å². The Hall–Kier alpha value is -2.35. The van der Waals surface area contributed by atoms with Crippen LogP contribution in [0.5, 0.6) is 0 Å². The van der Waals surface area contributed by atoms with Gasteiger partial charge in [-0.05, 0) is 30.5 Å². The molecule has 2 fully saturated rings. The third kappa shape index (κ3) is 3.09. The zero-order valence-corrected chi connectivity index (χ0v) is 14.3. The normalized spacial score (nSPS) is 28.7. The lowest BCUT2D eigenvalue weighted by Gasteiger charge is -2.43. The highest BCUT2D eigenvalue weighted by molar-refractivity contribution is 5.80. The first-order chi connectivity index (χ1) is 12.4. The van der Waals surface area contributed by atoms with Crippen molar-refractivity contribution in [3.63, 3.8) is 0 Å². The number of carbonyl (C=O) groups is 1. The lowest BCUT2D eigenvalue weighted by Crippen LogP contribution is -2.51. The number of hydrogen-bond donors (Lipinski definition) is 0. The summed E-state index contributed by atoms with van der Waals surface area (Å²) in [6.07, 6.45) is -0.333. The van der Waals surface area contributed by atoms with Crippen molar-refractivity contribution in [1.82, 2.24) is 15.1 Å². The molecule has 4 rings (SSSR count). The maximum Gasteiger partial charge on any atom is 0.246 e. The molecule has 1 amide bonds. The van der Waals surface area contributed by atoms with Crippen molar-refractivity contribution in [3.05, 3.63) is 47.4 Å². The minimum absolute atomic E-state index is 0.0664. The first-order valence-electron chi connectivity index (χ1n) is 8.60. The van der Waals surface area contributed by atoms with E-state index in [-0.39, 0.29) is 18.7 Å². The number of ether oxygens (including phenoxy) is 1. The molecule has 0 N–H and O–H groups in total. The Morgan fingerprint density at radius 3 is 2.85 bits per heavy atom. The molecule has 0 bridgehead atoms. The molecule has 2 heterocycles. The number of benzene rings is 1. The monoisotopic (exact) mass is 363 g/mol. The summed E-state index contributed by atoms with van der Waals surface area (Å²) >= 11 is 0. The highest BCUT2D eigenvalue weighted by Crippen LogP contribution is 2.50. The molecular weight excluding hydrogens is 344 g/mol. The van der Waals surface area contributed by atoms with Crippen LogP contribution in [0.2, 0.25) is 0 Å². The number of halogens is 2. The molecule has 8 heteroatoms. The van der Waals surface area contributed by atoms with Gasteiger partial charge in [0.25, 0.3) is 0 Å². The number of aryl methyl sites for hydroxylation is 1. The van der Waals surface area contributed by atoms with E-state index in [1.807, 2.05) is 0 Å². The van der Waals surface area contributed by atoms with Crippen molar-refractivity contribution in [1.29, 1.82) is 0 Å². The molecule has 1 unspecified atom stereocenters. The van der Waals surface area contributed by atoms with Gasteiger partial charge in [0.2, 0.25) is 17.7 Å². The second-order valence-corrected chi connectivity index (χ2v) is 6.88. The number of hydrogen-bond acceptors (Lipinski definition) is 5. The van der Waals surface area contributed by atoms with Crippen molar-refractivity contribution in [2.24, 2.45) is 5.92 Å². The maximum absolute atomic E-state index is 14.9. The van der Waals surface area contributed by atoms with E-state index in [1.54, 1.807) is 17.9 Å². The van der Waals surface area contributed by atoms with Crippen LogP contribution < -0.4 is 0 Å². The van der Waals surface area contributed by atoms with Crippen LogP contribution in [0, 0.1) is 18.7 Å². The smallest absolute Gasteiger partial charge is 0.246 e. The van der Waals surface area contributed by atoms with Gasteiger partial charge in [-0.3, -0.25) is 4.79 Å². The second kappa shape index (κ2) is 6.42. The van der Waals surface area contributed by atoms with Crippen molar-refractivity contribution in [3.8, 4) is 0 Å². The van der Waals surface area contributed by atoms with E-state index in [9.17, 15) is 13.6 Å². The average molecular weight is 363 g/mol. The molecule has 2 aliphatic rings. The van der Waals surface area contributed by atoms with Gasteiger partial charge in [-0.2, -0.15) is 0 Å². The van der Waals surface area contributed by atoms with E-state index < -0.39 is 23.5 Å². The SMILES string of the molecule is Cc1nnc(C2CN(C(=O)C3CC(F)(c4cccc(F)c4)C3)CCO2)o1. The molecule has 2 aromatic rings. The summed E-state index contributed by atoms with van der Waals surface area (Å²) < 4.78 is 39.3. The van der Waals surface area contributed by atoms with Crippen molar-refractivity contribution >= 4 is 5.91 Å². The van der Waals surface area contributed by atoms with E-state index in [0.717, 1.165) is 0 Å². The molecule has 0 spiro atoms. The van der Waals surface area contributed by atoms with Crippen molar-refractivity contribution in [2.45, 2.75) is 31.5 Å². The molecule has 26 heavy (non-hydrogen) atoms. The molecule has 1 aliphatic heterocycles. The first-order valence-corrected chi connectivity index (χ1v) is 8.60. The predicted molar refractivity (Wildman–Crippen MR) is 86.2 cm³/mol. The van der Waals surface area contributed by atoms with Gasteiger partial charge >= 0.3 is 0 Å². The van der Waals surface area contributed by atoms with Gasteiger partial charge in [0.1, 0.15) is 11.5 Å². The van der Waals surface area contributed by atoms with Gasteiger partial charge in [0.05, 0.1) is 13.2 Å². The van der Waals surface area contributed by atoms with Crippen LogP contribution in [0.15, 0.2) is 28.7 Å². The Morgan fingerprint density at radius 1 is 1.35 bits per heavy atom. The number of morpholine rings is 1. The molecule has 1 saturated carbocycles. The molecule has 1 aromatic heterocycles. The van der Waals surface area contributed by atoms with Gasteiger partial charge in [0.15, 0.2) is 6.10 Å². The number of carbonyl (C=O) groups excluding carboxylic acids is 1. The fourth-order valence-electron chi connectivity index (χ4n) is 3.60. The van der Waals surface area contributed by atoms with Gasteiger partial charge in [0, 0.05) is 19.4 Å². The topological polar surface area (TPSA) is 68.5 Å². The second-order valence-electron chi connectivity index (χ2n) is 6.88. The van der Waals surface area contributed by atoms with E-state index in [2.05, 4.69) is 10.2 Å². The highest BCUT2D eigenvalue weighted by atomic mass is 19.1.